The van der Waals surface area contributed by atoms with E-state index in [0.717, 1.165) is 10.1 Å². The lowest BCUT2D eigenvalue weighted by Gasteiger charge is -2.13. The van der Waals surface area contributed by atoms with Crippen molar-refractivity contribution in [1.82, 2.24) is 4.57 Å². The van der Waals surface area contributed by atoms with Crippen molar-refractivity contribution in [3.63, 3.8) is 0 Å². The van der Waals surface area contributed by atoms with Gasteiger partial charge in [0.05, 0.1) is 30.9 Å². The molecule has 0 bridgehead atoms. The first kappa shape index (κ1) is 23.9. The molecule has 0 saturated heterocycles. The summed E-state index contributed by atoms with van der Waals surface area (Å²) in [7, 11) is 0. The first-order valence-electron chi connectivity index (χ1n) is 10.2. The maximum absolute atomic E-state index is 12.9. The summed E-state index contributed by atoms with van der Waals surface area (Å²) >= 11 is 1.45. The lowest BCUT2D eigenvalue weighted by atomic mass is 10.1. The highest BCUT2D eigenvalue weighted by Gasteiger charge is 2.30. The average Bonchev–Trinajstić information content (AvgIpc) is 3.39. The maximum Gasteiger partial charge on any atom is 0.515 e. The molecule has 0 saturated carbocycles. The SMILES string of the molecule is CCOC(=O)O/C(=C/c1ccsc1)c1c(OC(=O)OCC)n(C(=O)OCC)c2ccccc12. The number of aromatic nitrogens is 1. The number of hydrogen-bond acceptors (Lipinski definition) is 9. The van der Waals surface area contributed by atoms with Crippen LogP contribution in [-0.2, 0) is 18.9 Å². The first-order valence-corrected chi connectivity index (χ1v) is 11.2. The zero-order valence-corrected chi connectivity index (χ0v) is 19.2. The zero-order valence-electron chi connectivity index (χ0n) is 18.4. The Hall–Kier alpha value is -3.79. The average molecular weight is 474 g/mol. The first-order chi connectivity index (χ1) is 16.0. The van der Waals surface area contributed by atoms with Gasteiger partial charge >= 0.3 is 18.4 Å². The van der Waals surface area contributed by atoms with Gasteiger partial charge in [-0.3, -0.25) is 0 Å². The molecule has 9 nitrogen and oxygen atoms in total. The zero-order chi connectivity index (χ0) is 23.8. The minimum Gasteiger partial charge on any atom is -0.449 e. The number of benzene rings is 1. The molecule has 0 aliphatic rings. The van der Waals surface area contributed by atoms with Crippen LogP contribution in [0.5, 0.6) is 5.88 Å². The summed E-state index contributed by atoms with van der Waals surface area (Å²) in [5, 5.41) is 4.17. The largest absolute Gasteiger partial charge is 0.515 e. The molecule has 3 rings (SSSR count). The van der Waals surface area contributed by atoms with Crippen LogP contribution in [0.2, 0.25) is 0 Å². The van der Waals surface area contributed by atoms with E-state index in [-0.39, 0.29) is 37.0 Å². The Bertz CT molecular complexity index is 1160. The summed E-state index contributed by atoms with van der Waals surface area (Å²) in [6.45, 7) is 5.17. The fourth-order valence-electron chi connectivity index (χ4n) is 3.05. The van der Waals surface area contributed by atoms with E-state index >= 15 is 0 Å². The number of para-hydroxylation sites is 1. The van der Waals surface area contributed by atoms with Gasteiger partial charge in [0.25, 0.3) is 0 Å². The molecule has 0 aliphatic heterocycles. The van der Waals surface area contributed by atoms with Crippen LogP contribution in [0, 0.1) is 0 Å². The molecule has 1 aromatic carbocycles. The summed E-state index contributed by atoms with van der Waals surface area (Å²) in [5.74, 6) is -0.190. The minimum absolute atomic E-state index is 0.0189. The Kier molecular flexibility index (Phi) is 8.09. The molecule has 0 amide bonds. The van der Waals surface area contributed by atoms with Gasteiger partial charge in [0.2, 0.25) is 5.88 Å². The lowest BCUT2D eigenvalue weighted by Crippen LogP contribution is -2.19. The Labute approximate surface area is 194 Å². The number of hydrogen-bond donors (Lipinski definition) is 0. The summed E-state index contributed by atoms with van der Waals surface area (Å²) in [6.07, 6.45) is -1.17. The van der Waals surface area contributed by atoms with Crippen molar-refractivity contribution >= 4 is 52.5 Å². The molecule has 0 spiro atoms. The van der Waals surface area contributed by atoms with Gasteiger partial charge in [-0.05, 0) is 55.3 Å². The third-order valence-corrected chi connectivity index (χ3v) is 4.97. The van der Waals surface area contributed by atoms with Crippen LogP contribution in [-0.4, -0.2) is 42.8 Å². The van der Waals surface area contributed by atoms with E-state index in [1.165, 1.54) is 11.3 Å². The van der Waals surface area contributed by atoms with Gasteiger partial charge in [-0.1, -0.05) is 18.2 Å². The number of rotatable bonds is 7. The normalized spacial score (nSPS) is 11.2. The highest BCUT2D eigenvalue weighted by atomic mass is 32.1. The van der Waals surface area contributed by atoms with E-state index in [1.807, 2.05) is 16.8 Å². The standard InChI is InChI=1S/C23H23NO8S/c1-4-28-21(25)24-17-10-8-7-9-16(17)19(20(24)32-23(27)30-6-3)18(31-22(26)29-5-2)13-15-11-12-33-14-15/h7-14H,4-6H2,1-3H3/b18-13+. The van der Waals surface area contributed by atoms with Crippen LogP contribution >= 0.6 is 11.3 Å². The van der Waals surface area contributed by atoms with Crippen LogP contribution in [0.4, 0.5) is 14.4 Å². The summed E-state index contributed by atoms with van der Waals surface area (Å²) in [6, 6.07) is 8.62. The molecule has 0 fully saturated rings. The Morgan fingerprint density at radius 3 is 2.30 bits per heavy atom. The third-order valence-electron chi connectivity index (χ3n) is 4.27. The highest BCUT2D eigenvalue weighted by molar-refractivity contribution is 7.08. The fourth-order valence-corrected chi connectivity index (χ4v) is 3.66. The van der Waals surface area contributed by atoms with Gasteiger partial charge in [0.15, 0.2) is 0 Å². The number of thiophene rings is 1. The van der Waals surface area contributed by atoms with Crippen molar-refractivity contribution in [1.29, 1.82) is 0 Å². The molecule has 2 aromatic heterocycles. The fraction of sp³-hybridized carbons (Fsp3) is 0.261. The second-order valence-corrected chi connectivity index (χ2v) is 7.15. The second kappa shape index (κ2) is 11.2. The van der Waals surface area contributed by atoms with Gasteiger partial charge in [0, 0.05) is 5.39 Å². The van der Waals surface area contributed by atoms with Crippen molar-refractivity contribution in [2.24, 2.45) is 0 Å². The van der Waals surface area contributed by atoms with Gasteiger partial charge in [-0.25, -0.2) is 19.0 Å². The van der Waals surface area contributed by atoms with Crippen molar-refractivity contribution in [3.8, 4) is 5.88 Å². The minimum atomic E-state index is -1.03. The van der Waals surface area contributed by atoms with Gasteiger partial charge in [0.1, 0.15) is 5.76 Å². The van der Waals surface area contributed by atoms with Gasteiger partial charge in [-0.15, -0.1) is 0 Å². The number of nitrogens with zero attached hydrogens (tertiary/aromatic N) is 1. The lowest BCUT2D eigenvalue weighted by molar-refractivity contribution is 0.0951. The second-order valence-electron chi connectivity index (χ2n) is 6.37. The monoisotopic (exact) mass is 473 g/mol. The molecule has 33 heavy (non-hydrogen) atoms. The molecular weight excluding hydrogens is 450 g/mol. The molecule has 0 unspecified atom stereocenters. The summed E-state index contributed by atoms with van der Waals surface area (Å²) < 4.78 is 27.1. The van der Waals surface area contributed by atoms with Crippen LogP contribution in [0.25, 0.3) is 22.7 Å². The van der Waals surface area contributed by atoms with Gasteiger partial charge in [-0.2, -0.15) is 11.3 Å². The van der Waals surface area contributed by atoms with E-state index < -0.39 is 18.4 Å². The van der Waals surface area contributed by atoms with Crippen molar-refractivity contribution in [2.45, 2.75) is 20.8 Å². The van der Waals surface area contributed by atoms with E-state index in [1.54, 1.807) is 51.1 Å². The van der Waals surface area contributed by atoms with Crippen LogP contribution in [0.15, 0.2) is 41.1 Å². The van der Waals surface area contributed by atoms with Crippen molar-refractivity contribution in [3.05, 3.63) is 52.2 Å². The Morgan fingerprint density at radius 2 is 1.64 bits per heavy atom. The Morgan fingerprint density at radius 1 is 0.939 bits per heavy atom. The number of carbonyl (C=O) groups is 3. The van der Waals surface area contributed by atoms with E-state index in [4.69, 9.17) is 23.7 Å². The van der Waals surface area contributed by atoms with Crippen LogP contribution < -0.4 is 4.74 Å². The molecule has 3 aromatic rings. The topological polar surface area (TPSA) is 102 Å². The smallest absolute Gasteiger partial charge is 0.449 e. The third kappa shape index (κ3) is 5.53. The molecule has 0 radical (unpaired) electrons. The van der Waals surface area contributed by atoms with E-state index in [9.17, 15) is 14.4 Å². The van der Waals surface area contributed by atoms with Crippen molar-refractivity contribution < 1.29 is 38.1 Å². The quantitative estimate of drug-likeness (QED) is 0.237. The van der Waals surface area contributed by atoms with E-state index in [2.05, 4.69) is 0 Å². The summed E-state index contributed by atoms with van der Waals surface area (Å²) in [4.78, 5) is 37.4. The molecule has 0 aliphatic carbocycles. The van der Waals surface area contributed by atoms with Crippen LogP contribution in [0.1, 0.15) is 31.9 Å². The molecule has 174 valence electrons. The molecule has 2 heterocycles. The van der Waals surface area contributed by atoms with Gasteiger partial charge < -0.3 is 23.7 Å². The molecule has 0 atom stereocenters. The number of fused-ring (bicyclic) bond motifs is 1. The Balaban J connectivity index is 2.30. The number of ether oxygens (including phenoxy) is 5. The number of carbonyl (C=O) groups excluding carboxylic acids is 3. The molecular formula is C23H23NO8S. The van der Waals surface area contributed by atoms with Crippen molar-refractivity contribution in [2.75, 3.05) is 19.8 Å². The predicted molar refractivity (Wildman–Crippen MR) is 122 cm³/mol. The predicted octanol–water partition coefficient (Wildman–Crippen LogP) is 5.91. The maximum atomic E-state index is 12.9. The molecule has 0 N–H and O–H groups in total. The molecule has 10 heteroatoms. The van der Waals surface area contributed by atoms with E-state index in [0.29, 0.717) is 10.9 Å². The van der Waals surface area contributed by atoms with Crippen LogP contribution in [0.3, 0.4) is 0 Å². The summed E-state index contributed by atoms with van der Waals surface area (Å²) in [5.41, 5.74) is 1.30. The highest BCUT2D eigenvalue weighted by Crippen LogP contribution is 2.39.